The second kappa shape index (κ2) is 21.4. The van der Waals surface area contributed by atoms with Crippen LogP contribution in [-0.4, -0.2) is 106 Å². The monoisotopic (exact) mass is 865 g/mol. The molecule has 3 aromatic carbocycles. The number of benzene rings is 3. The molecule has 2 aliphatic rings. The van der Waals surface area contributed by atoms with Gasteiger partial charge in [0, 0.05) is 55.6 Å². The first-order chi connectivity index (χ1) is 29.9. The second-order valence-corrected chi connectivity index (χ2v) is 18.1. The van der Waals surface area contributed by atoms with Crippen molar-refractivity contribution in [1.29, 1.82) is 0 Å². The molecule has 0 radical (unpaired) electrons. The van der Waals surface area contributed by atoms with Gasteiger partial charge in [0.1, 0.15) is 5.82 Å². The Labute approximate surface area is 365 Å². The first kappa shape index (κ1) is 45.9. The summed E-state index contributed by atoms with van der Waals surface area (Å²) < 4.78 is 34.3. The van der Waals surface area contributed by atoms with Crippen molar-refractivity contribution in [1.82, 2.24) is 19.5 Å². The van der Waals surface area contributed by atoms with Gasteiger partial charge in [-0.05, 0) is 138 Å². The average Bonchev–Trinajstić information content (AvgIpc) is 3.29. The molecule has 0 bridgehead atoms. The number of sulfonamides is 1. The number of hydrogen-bond acceptors (Lipinski definition) is 10. The predicted molar refractivity (Wildman–Crippen MR) is 241 cm³/mol. The zero-order chi connectivity index (χ0) is 44.2. The van der Waals surface area contributed by atoms with Crippen molar-refractivity contribution >= 4 is 50.9 Å². The van der Waals surface area contributed by atoms with Gasteiger partial charge >= 0.3 is 5.97 Å². The SMILES string of the molecule is CCN(C1CCC(C(=O)OC)CC1)S(=O)(=O)c1cccc(C(=O)Nc2ccc(N3CCCCC3)nc2C(=O)Nc2ccc(CCc3ccc(C(=O)NCCN(C)C)cc3)cc2)c1. The maximum atomic E-state index is 14.0. The van der Waals surface area contributed by atoms with Gasteiger partial charge in [-0.3, -0.25) is 19.2 Å². The summed E-state index contributed by atoms with van der Waals surface area (Å²) in [7, 11) is 1.30. The molecule has 14 nitrogen and oxygen atoms in total. The molecule has 0 unspecified atom stereocenters. The number of pyridine rings is 1. The van der Waals surface area contributed by atoms with Crippen LogP contribution < -0.4 is 20.9 Å². The van der Waals surface area contributed by atoms with Gasteiger partial charge in [-0.2, -0.15) is 4.31 Å². The standard InChI is InChI=1S/C47H59N7O7S/c1-5-54(39-24-20-36(21-25-39)47(58)61-4)62(59,60)40-11-9-10-37(32-40)45(56)50-41-26-27-42(53-29-7-6-8-30-53)51-43(41)46(57)49-38-22-16-34(17-23-38)13-12-33-14-18-35(19-15-33)44(55)48-28-31-52(2)3/h9-11,14-19,22-23,26-27,32,36,39H,5-8,12-13,20-21,24-25,28-31H2,1-4H3,(H,48,55)(H,49,57)(H,50,56). The predicted octanol–water partition coefficient (Wildman–Crippen LogP) is 6.40. The molecular formula is C47H59N7O7S. The molecule has 1 aromatic heterocycles. The fourth-order valence-corrected chi connectivity index (χ4v) is 9.83. The Hall–Kier alpha value is -5.64. The van der Waals surface area contributed by atoms with Crippen LogP contribution in [0.5, 0.6) is 0 Å². The number of aromatic nitrogens is 1. The summed E-state index contributed by atoms with van der Waals surface area (Å²) in [6, 6.07) is 24.3. The summed E-state index contributed by atoms with van der Waals surface area (Å²) >= 11 is 0. The third-order valence-electron chi connectivity index (χ3n) is 11.7. The van der Waals surface area contributed by atoms with E-state index in [9.17, 15) is 27.6 Å². The largest absolute Gasteiger partial charge is 0.469 e. The quantitative estimate of drug-likeness (QED) is 0.101. The highest BCUT2D eigenvalue weighted by atomic mass is 32.2. The average molecular weight is 866 g/mol. The van der Waals surface area contributed by atoms with Gasteiger partial charge in [0.05, 0.1) is 23.6 Å². The minimum absolute atomic E-state index is 0.0179. The number of ether oxygens (including phenoxy) is 1. The number of esters is 1. The normalized spacial score (nSPS) is 16.8. The van der Waals surface area contributed by atoms with E-state index >= 15 is 0 Å². The van der Waals surface area contributed by atoms with Crippen LogP contribution in [0.15, 0.2) is 89.8 Å². The summed E-state index contributed by atoms with van der Waals surface area (Å²) in [5, 5.41) is 8.72. The van der Waals surface area contributed by atoms with Crippen LogP contribution in [0.4, 0.5) is 17.2 Å². The smallest absolute Gasteiger partial charge is 0.308 e. The number of anilines is 3. The van der Waals surface area contributed by atoms with E-state index in [1.54, 1.807) is 19.1 Å². The third-order valence-corrected chi connectivity index (χ3v) is 13.7. The van der Waals surface area contributed by atoms with Crippen molar-refractivity contribution < 1.29 is 32.3 Å². The van der Waals surface area contributed by atoms with Gasteiger partial charge in [-0.15, -0.1) is 0 Å². The molecule has 1 saturated heterocycles. The van der Waals surface area contributed by atoms with Crippen molar-refractivity contribution in [3.63, 3.8) is 0 Å². The number of rotatable bonds is 17. The highest BCUT2D eigenvalue weighted by Crippen LogP contribution is 2.32. The molecule has 4 aromatic rings. The summed E-state index contributed by atoms with van der Waals surface area (Å²) in [6.45, 7) is 4.98. The van der Waals surface area contributed by atoms with Crippen LogP contribution in [0.1, 0.15) is 94.2 Å². The van der Waals surface area contributed by atoms with E-state index in [1.165, 1.54) is 35.7 Å². The van der Waals surface area contributed by atoms with Crippen molar-refractivity contribution in [2.75, 3.05) is 69.5 Å². The molecule has 3 N–H and O–H groups in total. The van der Waals surface area contributed by atoms with E-state index in [1.807, 2.05) is 67.5 Å². The van der Waals surface area contributed by atoms with Crippen molar-refractivity contribution in [3.05, 3.63) is 113 Å². The highest BCUT2D eigenvalue weighted by molar-refractivity contribution is 7.89. The van der Waals surface area contributed by atoms with E-state index in [0.29, 0.717) is 49.3 Å². The number of piperidine rings is 1. The highest BCUT2D eigenvalue weighted by Gasteiger charge is 2.35. The number of hydrogen-bond donors (Lipinski definition) is 3. The van der Waals surface area contributed by atoms with Gasteiger partial charge in [0.25, 0.3) is 17.7 Å². The third kappa shape index (κ3) is 11.8. The summed E-state index contributed by atoms with van der Waals surface area (Å²) in [6.07, 6.45) is 6.80. The van der Waals surface area contributed by atoms with E-state index in [2.05, 4.69) is 20.9 Å². The van der Waals surface area contributed by atoms with E-state index in [4.69, 9.17) is 9.72 Å². The molecule has 15 heteroatoms. The molecule has 2 fully saturated rings. The summed E-state index contributed by atoms with van der Waals surface area (Å²) in [4.78, 5) is 61.2. The minimum Gasteiger partial charge on any atom is -0.469 e. The summed E-state index contributed by atoms with van der Waals surface area (Å²) in [5.74, 6) is -1.07. The number of carbonyl (C=O) groups is 4. The molecule has 3 amide bonds. The van der Waals surface area contributed by atoms with E-state index < -0.39 is 21.8 Å². The number of amides is 3. The van der Waals surface area contributed by atoms with Crippen LogP contribution in [0, 0.1) is 5.92 Å². The van der Waals surface area contributed by atoms with Gasteiger partial charge in [-0.1, -0.05) is 37.3 Å². The van der Waals surface area contributed by atoms with Crippen LogP contribution >= 0.6 is 0 Å². The molecule has 1 saturated carbocycles. The number of carbonyl (C=O) groups excluding carboxylic acids is 4. The Balaban J connectivity index is 1.13. The van der Waals surface area contributed by atoms with E-state index in [-0.39, 0.29) is 52.2 Å². The number of nitrogens with zero attached hydrogens (tertiary/aromatic N) is 4. The zero-order valence-corrected chi connectivity index (χ0v) is 37.0. The lowest BCUT2D eigenvalue weighted by Gasteiger charge is -2.34. The first-order valence-electron chi connectivity index (χ1n) is 21.6. The van der Waals surface area contributed by atoms with Crippen LogP contribution in [0.25, 0.3) is 0 Å². The lowest BCUT2D eigenvalue weighted by atomic mass is 9.86. The Bertz CT molecular complexity index is 2290. The van der Waals surface area contributed by atoms with Crippen LogP contribution in [0.3, 0.4) is 0 Å². The first-order valence-corrected chi connectivity index (χ1v) is 23.0. The van der Waals surface area contributed by atoms with Gasteiger partial charge in [0.15, 0.2) is 5.69 Å². The molecule has 6 rings (SSSR count). The second-order valence-electron chi connectivity index (χ2n) is 16.2. The molecule has 2 heterocycles. The van der Waals surface area contributed by atoms with Crippen LogP contribution in [0.2, 0.25) is 0 Å². The topological polar surface area (TPSA) is 170 Å². The van der Waals surface area contributed by atoms with Crippen molar-refractivity contribution in [2.45, 2.75) is 75.6 Å². The maximum absolute atomic E-state index is 14.0. The fraction of sp³-hybridized carbons (Fsp3) is 0.426. The van der Waals surface area contributed by atoms with Crippen molar-refractivity contribution in [3.8, 4) is 0 Å². The number of aryl methyl sites for hydroxylation is 2. The van der Waals surface area contributed by atoms with Crippen molar-refractivity contribution in [2.24, 2.45) is 5.92 Å². The lowest BCUT2D eigenvalue weighted by Crippen LogP contribution is -2.43. The van der Waals surface area contributed by atoms with Gasteiger partial charge in [-0.25, -0.2) is 13.4 Å². The zero-order valence-electron chi connectivity index (χ0n) is 36.2. The van der Waals surface area contributed by atoms with E-state index in [0.717, 1.165) is 62.9 Å². The molecule has 330 valence electrons. The molecule has 1 aliphatic heterocycles. The number of methoxy groups -OCH3 is 1. The maximum Gasteiger partial charge on any atom is 0.308 e. The summed E-state index contributed by atoms with van der Waals surface area (Å²) in [5.41, 5.74) is 3.69. The molecule has 0 atom stereocenters. The Morgan fingerprint density at radius 3 is 2.06 bits per heavy atom. The van der Waals surface area contributed by atoms with Gasteiger partial charge < -0.3 is 30.5 Å². The number of likely N-dealkylation sites (N-methyl/N-ethyl adjacent to an activating group) is 1. The molecule has 0 spiro atoms. The van der Waals surface area contributed by atoms with Crippen LogP contribution in [-0.2, 0) is 32.4 Å². The molecule has 62 heavy (non-hydrogen) atoms. The fourth-order valence-electron chi connectivity index (χ4n) is 8.09. The molecular weight excluding hydrogens is 807 g/mol. The Morgan fingerprint density at radius 1 is 0.774 bits per heavy atom. The lowest BCUT2D eigenvalue weighted by molar-refractivity contribution is -0.146. The van der Waals surface area contributed by atoms with Gasteiger partial charge in [0.2, 0.25) is 10.0 Å². The minimum atomic E-state index is -3.99. The molecule has 1 aliphatic carbocycles. The Kier molecular flexibility index (Phi) is 15.9. The Morgan fingerprint density at radius 2 is 1.44 bits per heavy atom. The number of nitrogens with one attached hydrogen (secondary N) is 3.